The Morgan fingerprint density at radius 1 is 1.38 bits per heavy atom. The molecule has 1 fully saturated rings. The summed E-state index contributed by atoms with van der Waals surface area (Å²) in [5.74, 6) is 1.51. The van der Waals surface area contributed by atoms with Gasteiger partial charge in [-0.15, -0.1) is 0 Å². The molecule has 1 N–H and O–H groups in total. The van der Waals surface area contributed by atoms with E-state index in [1.54, 1.807) is 7.11 Å². The summed E-state index contributed by atoms with van der Waals surface area (Å²) in [7, 11) is 1.78. The van der Waals surface area contributed by atoms with Gasteiger partial charge in [-0.3, -0.25) is 0 Å². The van der Waals surface area contributed by atoms with Crippen LogP contribution in [-0.2, 0) is 11.3 Å². The number of anilines is 1. The Hall–Kier alpha value is -1.65. The van der Waals surface area contributed by atoms with Crippen molar-refractivity contribution in [1.29, 1.82) is 0 Å². The van der Waals surface area contributed by atoms with Crippen molar-refractivity contribution >= 4 is 16.7 Å². The van der Waals surface area contributed by atoms with Crippen molar-refractivity contribution in [3.8, 4) is 0 Å². The molecule has 4 heteroatoms. The van der Waals surface area contributed by atoms with Crippen LogP contribution in [-0.4, -0.2) is 36.4 Å². The highest BCUT2D eigenvalue weighted by Gasteiger charge is 2.27. The summed E-state index contributed by atoms with van der Waals surface area (Å²) >= 11 is 0. The number of benzene rings is 1. The topological polar surface area (TPSA) is 45.6 Å². The van der Waals surface area contributed by atoms with Gasteiger partial charge in [0, 0.05) is 25.6 Å². The van der Waals surface area contributed by atoms with Gasteiger partial charge >= 0.3 is 0 Å². The summed E-state index contributed by atoms with van der Waals surface area (Å²) in [6.07, 6.45) is 1.34. The maximum Gasteiger partial charge on any atom is 0.129 e. The predicted molar refractivity (Wildman–Crippen MR) is 84.5 cm³/mol. The standard InChI is InChI=1S/C17H22N2O2/c1-12-7-8-19(10-16(12)21-2)17-9-13(11-20)14-5-3-4-6-15(14)18-17/h3-6,9,12,16,20H,7-8,10-11H2,1-2H3. The monoisotopic (exact) mass is 286 g/mol. The average Bonchev–Trinajstić information content (AvgIpc) is 2.54. The second kappa shape index (κ2) is 6.00. The van der Waals surface area contributed by atoms with E-state index in [9.17, 15) is 5.11 Å². The summed E-state index contributed by atoms with van der Waals surface area (Å²) in [6, 6.07) is 9.97. The fourth-order valence-electron chi connectivity index (χ4n) is 3.07. The maximum absolute atomic E-state index is 9.63. The molecular weight excluding hydrogens is 264 g/mol. The molecule has 2 heterocycles. The molecule has 1 saturated heterocycles. The molecule has 0 radical (unpaired) electrons. The molecule has 21 heavy (non-hydrogen) atoms. The van der Waals surface area contributed by atoms with Gasteiger partial charge in [-0.1, -0.05) is 25.1 Å². The number of pyridine rings is 1. The van der Waals surface area contributed by atoms with Gasteiger partial charge in [0.05, 0.1) is 18.2 Å². The van der Waals surface area contributed by atoms with Crippen LogP contribution in [0.5, 0.6) is 0 Å². The molecule has 1 aliphatic heterocycles. The van der Waals surface area contributed by atoms with Gasteiger partial charge in [0.25, 0.3) is 0 Å². The maximum atomic E-state index is 9.63. The normalized spacial score (nSPS) is 22.7. The lowest BCUT2D eigenvalue weighted by molar-refractivity contribution is 0.0496. The van der Waals surface area contributed by atoms with Crippen LogP contribution in [0.1, 0.15) is 18.9 Å². The molecule has 3 rings (SSSR count). The Kier molecular flexibility index (Phi) is 4.08. The quantitative estimate of drug-likeness (QED) is 0.942. The Labute approximate surface area is 125 Å². The molecule has 1 aromatic carbocycles. The SMILES string of the molecule is COC1CN(c2cc(CO)c3ccccc3n2)CCC1C. The highest BCUT2D eigenvalue weighted by Crippen LogP contribution is 2.27. The minimum Gasteiger partial charge on any atom is -0.392 e. The van der Waals surface area contributed by atoms with Crippen LogP contribution >= 0.6 is 0 Å². The molecule has 0 bridgehead atoms. The number of methoxy groups -OCH3 is 1. The van der Waals surface area contributed by atoms with E-state index in [-0.39, 0.29) is 12.7 Å². The largest absolute Gasteiger partial charge is 0.392 e. The van der Waals surface area contributed by atoms with Crippen LogP contribution < -0.4 is 4.90 Å². The number of aromatic nitrogens is 1. The second-order valence-electron chi connectivity index (χ2n) is 5.80. The zero-order valence-corrected chi connectivity index (χ0v) is 12.6. The molecule has 112 valence electrons. The van der Waals surface area contributed by atoms with Gasteiger partial charge in [-0.25, -0.2) is 4.98 Å². The number of hydrogen-bond donors (Lipinski definition) is 1. The fraction of sp³-hybridized carbons (Fsp3) is 0.471. The summed E-state index contributed by atoms with van der Waals surface area (Å²) < 4.78 is 5.58. The predicted octanol–water partition coefficient (Wildman–Crippen LogP) is 2.59. The molecule has 1 aliphatic rings. The molecule has 2 aromatic rings. The van der Waals surface area contributed by atoms with E-state index in [1.807, 2.05) is 30.3 Å². The lowest BCUT2D eigenvalue weighted by Gasteiger charge is -2.37. The lowest BCUT2D eigenvalue weighted by atomic mass is 9.95. The molecule has 2 unspecified atom stereocenters. The number of fused-ring (bicyclic) bond motifs is 1. The van der Waals surface area contributed by atoms with Gasteiger partial charge < -0.3 is 14.7 Å². The first kappa shape index (κ1) is 14.3. The van der Waals surface area contributed by atoms with Crippen molar-refractivity contribution < 1.29 is 9.84 Å². The van der Waals surface area contributed by atoms with E-state index in [2.05, 4.69) is 11.8 Å². The van der Waals surface area contributed by atoms with Gasteiger partial charge in [0.1, 0.15) is 5.82 Å². The third-order valence-electron chi connectivity index (χ3n) is 4.47. The Morgan fingerprint density at radius 2 is 2.19 bits per heavy atom. The van der Waals surface area contributed by atoms with Crippen LogP contribution in [0.4, 0.5) is 5.82 Å². The fourth-order valence-corrected chi connectivity index (χ4v) is 3.07. The number of hydrogen-bond acceptors (Lipinski definition) is 4. The highest BCUT2D eigenvalue weighted by molar-refractivity contribution is 5.84. The summed E-state index contributed by atoms with van der Waals surface area (Å²) in [5, 5.41) is 10.7. The molecule has 0 amide bonds. The number of para-hydroxylation sites is 1. The smallest absolute Gasteiger partial charge is 0.129 e. The first-order chi connectivity index (χ1) is 10.2. The summed E-state index contributed by atoms with van der Waals surface area (Å²) in [5.41, 5.74) is 1.87. The van der Waals surface area contributed by atoms with Crippen molar-refractivity contribution in [2.24, 2.45) is 5.92 Å². The van der Waals surface area contributed by atoms with Crippen LogP contribution in [0.3, 0.4) is 0 Å². The molecular formula is C17H22N2O2. The van der Waals surface area contributed by atoms with Crippen molar-refractivity contribution in [3.63, 3.8) is 0 Å². The number of aliphatic hydroxyl groups is 1. The van der Waals surface area contributed by atoms with E-state index in [0.29, 0.717) is 5.92 Å². The minimum atomic E-state index is 0.0357. The van der Waals surface area contributed by atoms with Crippen LogP contribution in [0.15, 0.2) is 30.3 Å². The molecule has 0 saturated carbocycles. The molecule has 0 aliphatic carbocycles. The van der Waals surface area contributed by atoms with E-state index < -0.39 is 0 Å². The second-order valence-corrected chi connectivity index (χ2v) is 5.80. The third kappa shape index (κ3) is 2.74. The molecule has 1 aromatic heterocycles. The molecule has 0 spiro atoms. The van der Waals surface area contributed by atoms with E-state index >= 15 is 0 Å². The van der Waals surface area contributed by atoms with Crippen molar-refractivity contribution in [3.05, 3.63) is 35.9 Å². The van der Waals surface area contributed by atoms with Gasteiger partial charge in [0.15, 0.2) is 0 Å². The summed E-state index contributed by atoms with van der Waals surface area (Å²) in [6.45, 7) is 4.11. The Morgan fingerprint density at radius 3 is 2.95 bits per heavy atom. The number of nitrogens with zero attached hydrogens (tertiary/aromatic N) is 2. The number of ether oxygens (including phenoxy) is 1. The lowest BCUT2D eigenvalue weighted by Crippen LogP contribution is -2.44. The van der Waals surface area contributed by atoms with Crippen molar-refractivity contribution in [2.75, 3.05) is 25.1 Å². The number of rotatable bonds is 3. The minimum absolute atomic E-state index is 0.0357. The first-order valence-corrected chi connectivity index (χ1v) is 7.50. The van der Waals surface area contributed by atoms with Crippen LogP contribution in [0.25, 0.3) is 10.9 Å². The summed E-state index contributed by atoms with van der Waals surface area (Å²) in [4.78, 5) is 7.02. The molecule has 4 nitrogen and oxygen atoms in total. The van der Waals surface area contributed by atoms with Gasteiger partial charge in [-0.05, 0) is 30.0 Å². The van der Waals surface area contributed by atoms with E-state index in [1.165, 1.54) is 0 Å². The number of aliphatic hydroxyl groups excluding tert-OH is 1. The Bertz CT molecular complexity index is 629. The third-order valence-corrected chi connectivity index (χ3v) is 4.47. The van der Waals surface area contributed by atoms with Crippen molar-refractivity contribution in [1.82, 2.24) is 4.98 Å². The Balaban J connectivity index is 1.97. The van der Waals surface area contributed by atoms with E-state index in [4.69, 9.17) is 9.72 Å². The first-order valence-electron chi connectivity index (χ1n) is 7.50. The van der Waals surface area contributed by atoms with E-state index in [0.717, 1.165) is 41.8 Å². The zero-order valence-electron chi connectivity index (χ0n) is 12.6. The highest BCUT2D eigenvalue weighted by atomic mass is 16.5. The molecule has 2 atom stereocenters. The average molecular weight is 286 g/mol. The van der Waals surface area contributed by atoms with Crippen molar-refractivity contribution in [2.45, 2.75) is 26.1 Å². The zero-order chi connectivity index (χ0) is 14.8. The van der Waals surface area contributed by atoms with Crippen LogP contribution in [0, 0.1) is 5.92 Å². The van der Waals surface area contributed by atoms with Crippen LogP contribution in [0.2, 0.25) is 0 Å². The van der Waals surface area contributed by atoms with Gasteiger partial charge in [0.2, 0.25) is 0 Å². The number of piperidine rings is 1. The van der Waals surface area contributed by atoms with Gasteiger partial charge in [-0.2, -0.15) is 0 Å².